The van der Waals surface area contributed by atoms with E-state index in [1.165, 1.54) is 0 Å². The fourth-order valence-electron chi connectivity index (χ4n) is 1.57. The average Bonchev–Trinajstić information content (AvgIpc) is 2.35. The first-order valence-corrected chi connectivity index (χ1v) is 6.10. The Balaban J connectivity index is 1.82. The molecule has 0 aliphatic rings. The highest BCUT2D eigenvalue weighted by atomic mass is 35.5. The molecule has 100 valence electrons. The van der Waals surface area contributed by atoms with Crippen molar-refractivity contribution in [3.8, 4) is 5.75 Å². The van der Waals surface area contributed by atoms with Crippen LogP contribution in [0.15, 0.2) is 42.5 Å². The summed E-state index contributed by atoms with van der Waals surface area (Å²) in [6.45, 7) is 0.746. The van der Waals surface area contributed by atoms with E-state index in [4.69, 9.17) is 16.3 Å². The highest BCUT2D eigenvalue weighted by Crippen LogP contribution is 2.20. The Labute approximate surface area is 115 Å². The molecule has 0 amide bonds. The number of rotatable bonds is 5. The first-order valence-electron chi connectivity index (χ1n) is 5.72. The molecule has 2 aromatic carbocycles. The molecule has 0 saturated carbocycles. The maximum absolute atomic E-state index is 12.9. The second kappa shape index (κ2) is 6.38. The number of anilines is 1. The van der Waals surface area contributed by atoms with Gasteiger partial charge in [-0.15, -0.1) is 0 Å². The minimum atomic E-state index is -0.658. The van der Waals surface area contributed by atoms with Crippen molar-refractivity contribution in [2.75, 3.05) is 18.5 Å². The Morgan fingerprint density at radius 3 is 2.42 bits per heavy atom. The highest BCUT2D eigenvalue weighted by Gasteiger charge is 2.02. The van der Waals surface area contributed by atoms with Crippen molar-refractivity contribution < 1.29 is 13.5 Å². The molecule has 0 radical (unpaired) electrons. The van der Waals surface area contributed by atoms with Gasteiger partial charge in [0.15, 0.2) is 0 Å². The third kappa shape index (κ3) is 4.10. The number of hydrogen-bond acceptors (Lipinski definition) is 2. The number of hydrogen-bond donors (Lipinski definition) is 1. The molecule has 19 heavy (non-hydrogen) atoms. The molecular formula is C14H12ClF2NO. The van der Waals surface area contributed by atoms with E-state index in [0.717, 1.165) is 23.9 Å². The van der Waals surface area contributed by atoms with Gasteiger partial charge in [-0.1, -0.05) is 23.7 Å². The van der Waals surface area contributed by atoms with Crippen LogP contribution in [0.25, 0.3) is 0 Å². The normalized spacial score (nSPS) is 10.3. The average molecular weight is 284 g/mol. The summed E-state index contributed by atoms with van der Waals surface area (Å²) in [4.78, 5) is 0. The molecule has 0 bridgehead atoms. The van der Waals surface area contributed by atoms with Gasteiger partial charge in [0.05, 0.1) is 10.7 Å². The maximum atomic E-state index is 12.9. The van der Waals surface area contributed by atoms with E-state index in [0.29, 0.717) is 11.6 Å². The second-order valence-corrected chi connectivity index (χ2v) is 4.27. The van der Waals surface area contributed by atoms with E-state index in [9.17, 15) is 8.78 Å². The Hall–Kier alpha value is -1.81. The van der Waals surface area contributed by atoms with Crippen molar-refractivity contribution in [2.24, 2.45) is 0 Å². The molecule has 0 saturated heterocycles. The van der Waals surface area contributed by atoms with Crippen LogP contribution in [0.2, 0.25) is 5.02 Å². The number of ether oxygens (including phenoxy) is 1. The van der Waals surface area contributed by atoms with E-state index in [1.807, 2.05) is 18.2 Å². The van der Waals surface area contributed by atoms with Gasteiger partial charge in [-0.3, -0.25) is 0 Å². The summed E-state index contributed by atoms with van der Waals surface area (Å²) in [5, 5.41) is 3.68. The number of benzene rings is 2. The maximum Gasteiger partial charge on any atom is 0.129 e. The summed E-state index contributed by atoms with van der Waals surface area (Å²) < 4.78 is 31.0. The third-order valence-electron chi connectivity index (χ3n) is 2.40. The molecule has 2 nitrogen and oxygen atoms in total. The van der Waals surface area contributed by atoms with Crippen LogP contribution in [0.1, 0.15) is 0 Å². The highest BCUT2D eigenvalue weighted by molar-refractivity contribution is 6.33. The zero-order valence-electron chi connectivity index (χ0n) is 10.00. The quantitative estimate of drug-likeness (QED) is 0.834. The van der Waals surface area contributed by atoms with Crippen molar-refractivity contribution in [1.82, 2.24) is 0 Å². The summed E-state index contributed by atoms with van der Waals surface area (Å²) in [5.74, 6) is -1.15. The van der Waals surface area contributed by atoms with Gasteiger partial charge in [0.2, 0.25) is 0 Å². The summed E-state index contributed by atoms with van der Waals surface area (Å²) >= 11 is 5.96. The van der Waals surface area contributed by atoms with Crippen molar-refractivity contribution in [3.63, 3.8) is 0 Å². The van der Waals surface area contributed by atoms with Gasteiger partial charge in [-0.2, -0.15) is 0 Å². The lowest BCUT2D eigenvalue weighted by molar-refractivity contribution is 0.329. The SMILES string of the molecule is Fc1cc(F)cc(OCCNc2ccccc2Cl)c1. The van der Waals surface area contributed by atoms with Gasteiger partial charge in [0.25, 0.3) is 0 Å². The molecule has 0 aliphatic carbocycles. The van der Waals surface area contributed by atoms with E-state index < -0.39 is 11.6 Å². The smallest absolute Gasteiger partial charge is 0.129 e. The molecule has 0 spiro atoms. The minimum Gasteiger partial charge on any atom is -0.492 e. The predicted octanol–water partition coefficient (Wildman–Crippen LogP) is 4.11. The molecule has 0 heterocycles. The Kier molecular flexibility index (Phi) is 4.58. The van der Waals surface area contributed by atoms with E-state index >= 15 is 0 Å². The van der Waals surface area contributed by atoms with Gasteiger partial charge < -0.3 is 10.1 Å². The summed E-state index contributed by atoms with van der Waals surface area (Å²) in [7, 11) is 0. The van der Waals surface area contributed by atoms with Gasteiger partial charge in [-0.05, 0) is 12.1 Å². The monoisotopic (exact) mass is 283 g/mol. The Morgan fingerprint density at radius 1 is 1.05 bits per heavy atom. The first kappa shape index (κ1) is 13.6. The lowest BCUT2D eigenvalue weighted by atomic mass is 10.3. The van der Waals surface area contributed by atoms with Crippen LogP contribution in [0.3, 0.4) is 0 Å². The molecular weight excluding hydrogens is 272 g/mol. The molecule has 1 N–H and O–H groups in total. The number of para-hydroxylation sites is 1. The molecule has 0 fully saturated rings. The molecule has 2 rings (SSSR count). The van der Waals surface area contributed by atoms with Crippen LogP contribution in [-0.2, 0) is 0 Å². The second-order valence-electron chi connectivity index (χ2n) is 3.86. The minimum absolute atomic E-state index is 0.165. The third-order valence-corrected chi connectivity index (χ3v) is 2.73. The first-order chi connectivity index (χ1) is 9.15. The molecule has 0 atom stereocenters. The van der Waals surface area contributed by atoms with E-state index in [2.05, 4.69) is 5.32 Å². The van der Waals surface area contributed by atoms with Gasteiger partial charge >= 0.3 is 0 Å². The fourth-order valence-corrected chi connectivity index (χ4v) is 1.77. The molecule has 5 heteroatoms. The van der Waals surface area contributed by atoms with Crippen LogP contribution in [0.4, 0.5) is 14.5 Å². The fraction of sp³-hybridized carbons (Fsp3) is 0.143. The molecule has 0 unspecified atom stereocenters. The van der Waals surface area contributed by atoms with Gasteiger partial charge in [0.1, 0.15) is 24.0 Å². The number of halogens is 3. The van der Waals surface area contributed by atoms with E-state index in [1.54, 1.807) is 6.07 Å². The van der Waals surface area contributed by atoms with Crippen molar-refractivity contribution in [2.45, 2.75) is 0 Å². The van der Waals surface area contributed by atoms with Crippen LogP contribution in [0, 0.1) is 11.6 Å². The van der Waals surface area contributed by atoms with E-state index in [-0.39, 0.29) is 12.4 Å². The molecule has 0 aromatic heterocycles. The van der Waals surface area contributed by atoms with Crippen molar-refractivity contribution in [3.05, 3.63) is 59.1 Å². The Bertz CT molecular complexity index is 543. The van der Waals surface area contributed by atoms with Gasteiger partial charge in [-0.25, -0.2) is 8.78 Å². The summed E-state index contributed by atoms with van der Waals surface area (Å²) in [6.07, 6.45) is 0. The largest absolute Gasteiger partial charge is 0.492 e. The van der Waals surface area contributed by atoms with Crippen molar-refractivity contribution >= 4 is 17.3 Å². The summed E-state index contributed by atoms with van der Waals surface area (Å²) in [6, 6.07) is 10.4. The van der Waals surface area contributed by atoms with Gasteiger partial charge in [0, 0.05) is 24.7 Å². The lowest BCUT2D eigenvalue weighted by Crippen LogP contribution is -2.11. The zero-order valence-corrected chi connectivity index (χ0v) is 10.8. The van der Waals surface area contributed by atoms with Crippen LogP contribution in [0.5, 0.6) is 5.75 Å². The zero-order chi connectivity index (χ0) is 13.7. The molecule has 0 aliphatic heterocycles. The lowest BCUT2D eigenvalue weighted by Gasteiger charge is -2.09. The van der Waals surface area contributed by atoms with Crippen LogP contribution >= 0.6 is 11.6 Å². The van der Waals surface area contributed by atoms with Crippen molar-refractivity contribution in [1.29, 1.82) is 0 Å². The van der Waals surface area contributed by atoms with Crippen LogP contribution < -0.4 is 10.1 Å². The molecule has 2 aromatic rings. The Morgan fingerprint density at radius 2 is 1.74 bits per heavy atom. The standard InChI is InChI=1S/C14H12ClF2NO/c15-13-3-1-2-4-14(13)18-5-6-19-12-8-10(16)7-11(17)9-12/h1-4,7-9,18H,5-6H2. The predicted molar refractivity (Wildman–Crippen MR) is 71.8 cm³/mol. The topological polar surface area (TPSA) is 21.3 Å². The van der Waals surface area contributed by atoms with Crippen LogP contribution in [-0.4, -0.2) is 13.2 Å². The number of nitrogens with one attached hydrogen (secondary N) is 1. The summed E-state index contributed by atoms with van der Waals surface area (Å²) in [5.41, 5.74) is 0.790.